The highest BCUT2D eigenvalue weighted by Crippen LogP contribution is 2.36. The van der Waals surface area contributed by atoms with Gasteiger partial charge in [-0.1, -0.05) is 12.1 Å². The van der Waals surface area contributed by atoms with Gasteiger partial charge in [-0.05, 0) is 35.9 Å². The molecule has 1 aliphatic rings. The van der Waals surface area contributed by atoms with Gasteiger partial charge in [-0.15, -0.1) is 5.10 Å². The van der Waals surface area contributed by atoms with E-state index < -0.39 is 16.1 Å². The van der Waals surface area contributed by atoms with Crippen LogP contribution < -0.4 is 19.1 Å². The Morgan fingerprint density at radius 2 is 1.80 bits per heavy atom. The minimum Gasteiger partial charge on any atom is -0.497 e. The van der Waals surface area contributed by atoms with E-state index >= 15 is 0 Å². The average Bonchev–Trinajstić information content (AvgIpc) is 3.84. The molecule has 1 fully saturated rings. The van der Waals surface area contributed by atoms with Crippen molar-refractivity contribution in [1.29, 1.82) is 0 Å². The van der Waals surface area contributed by atoms with Gasteiger partial charge in [-0.25, -0.2) is 27.4 Å². The molecule has 0 radical (unpaired) electrons. The van der Waals surface area contributed by atoms with Gasteiger partial charge in [0.2, 0.25) is 10.0 Å². The zero-order valence-electron chi connectivity index (χ0n) is 27.1. The quantitative estimate of drug-likeness (QED) is 0.194. The van der Waals surface area contributed by atoms with Crippen LogP contribution in [0.25, 0.3) is 33.5 Å². The summed E-state index contributed by atoms with van der Waals surface area (Å²) >= 11 is 0. The number of hydrogen-bond acceptors (Lipinski definition) is 11. The zero-order chi connectivity index (χ0) is 34.3. The van der Waals surface area contributed by atoms with E-state index in [1.54, 1.807) is 77.5 Å². The number of pyridine rings is 1. The first-order valence-corrected chi connectivity index (χ1v) is 17.0. The molecule has 16 heteroatoms. The molecule has 0 unspecified atom stereocenters. The van der Waals surface area contributed by atoms with Crippen LogP contribution in [0.2, 0.25) is 0 Å². The van der Waals surface area contributed by atoms with E-state index in [2.05, 4.69) is 10.1 Å². The van der Waals surface area contributed by atoms with Gasteiger partial charge < -0.3 is 18.9 Å². The van der Waals surface area contributed by atoms with Crippen molar-refractivity contribution in [1.82, 2.24) is 33.7 Å². The molecule has 49 heavy (non-hydrogen) atoms. The van der Waals surface area contributed by atoms with E-state index in [1.165, 1.54) is 29.7 Å². The standard InChI is InChI=1S/C33H32N8O7S/c1-45-23-8-7-22(29(15-23)46-2)20-38(49(4,43)44)19-21-6-9-27(30(14-21)47-3)41-28-16-26(24-18-36-40-11-5-10-34-31(24)40)35-17-25(28)32(37-41)39-12-13-48-33(39)42/h5-11,14-18H,12-13,19-20H2,1-4H3. The number of amides is 1. The summed E-state index contributed by atoms with van der Waals surface area (Å²) in [5.41, 5.74) is 4.52. The lowest BCUT2D eigenvalue weighted by molar-refractivity contribution is 0.181. The van der Waals surface area contributed by atoms with Crippen molar-refractivity contribution in [2.24, 2.45) is 0 Å². The molecule has 0 bridgehead atoms. The number of carbonyl (C=O) groups excluding carboxylic acids is 1. The number of sulfonamides is 1. The summed E-state index contributed by atoms with van der Waals surface area (Å²) in [6.45, 7) is 0.708. The van der Waals surface area contributed by atoms with Crippen LogP contribution in [0.3, 0.4) is 0 Å². The molecular weight excluding hydrogens is 652 g/mol. The predicted octanol–water partition coefficient (Wildman–Crippen LogP) is 4.07. The van der Waals surface area contributed by atoms with E-state index in [4.69, 9.17) is 29.0 Å². The first-order valence-electron chi connectivity index (χ1n) is 15.1. The summed E-state index contributed by atoms with van der Waals surface area (Å²) in [5.74, 6) is 1.93. The highest BCUT2D eigenvalue weighted by molar-refractivity contribution is 7.88. The maximum absolute atomic E-state index is 13.0. The van der Waals surface area contributed by atoms with Crippen LogP contribution in [0.4, 0.5) is 10.6 Å². The summed E-state index contributed by atoms with van der Waals surface area (Å²) in [6.07, 6.45) is 7.52. The Bertz CT molecular complexity index is 2320. The van der Waals surface area contributed by atoms with Crippen LogP contribution in [0, 0.1) is 0 Å². The lowest BCUT2D eigenvalue weighted by atomic mass is 10.1. The molecule has 1 saturated heterocycles. The second kappa shape index (κ2) is 12.7. The van der Waals surface area contributed by atoms with Crippen LogP contribution in [-0.2, 0) is 27.8 Å². The minimum atomic E-state index is -3.65. The Kier molecular flexibility index (Phi) is 8.25. The normalized spacial score (nSPS) is 13.4. The number of ether oxygens (including phenoxy) is 4. The van der Waals surface area contributed by atoms with Crippen molar-refractivity contribution in [3.8, 4) is 34.2 Å². The monoisotopic (exact) mass is 684 g/mol. The number of carbonyl (C=O) groups is 1. The molecule has 4 aromatic heterocycles. The van der Waals surface area contributed by atoms with Gasteiger partial charge >= 0.3 is 6.09 Å². The molecule has 0 spiro atoms. The van der Waals surface area contributed by atoms with Gasteiger partial charge in [0, 0.05) is 43.3 Å². The SMILES string of the molecule is COc1ccc(CN(Cc2ccc(-n3nc(N4CCOC4=O)c4cnc(-c5cnn6cccnc56)cc43)c(OC)c2)S(C)(=O)=O)c(OC)c1. The molecule has 6 aromatic rings. The lowest BCUT2D eigenvalue weighted by Gasteiger charge is -2.22. The summed E-state index contributed by atoms with van der Waals surface area (Å²) in [4.78, 5) is 23.3. The number of cyclic esters (lactones) is 1. The molecule has 0 aliphatic carbocycles. The maximum atomic E-state index is 13.0. The van der Waals surface area contributed by atoms with E-state index in [-0.39, 0.29) is 19.7 Å². The Morgan fingerprint density at radius 3 is 2.53 bits per heavy atom. The maximum Gasteiger partial charge on any atom is 0.415 e. The molecular formula is C33H32N8O7S. The molecule has 5 heterocycles. The van der Waals surface area contributed by atoms with E-state index in [1.807, 2.05) is 12.1 Å². The number of aromatic nitrogens is 6. The van der Waals surface area contributed by atoms with Crippen LogP contribution >= 0.6 is 0 Å². The summed E-state index contributed by atoms with van der Waals surface area (Å²) < 4.78 is 52.5. The van der Waals surface area contributed by atoms with Crippen molar-refractivity contribution in [3.63, 3.8) is 0 Å². The van der Waals surface area contributed by atoms with E-state index in [0.29, 0.717) is 74.2 Å². The third-order valence-corrected chi connectivity index (χ3v) is 9.46. The largest absolute Gasteiger partial charge is 0.497 e. The van der Waals surface area contributed by atoms with Gasteiger partial charge in [0.25, 0.3) is 0 Å². The zero-order valence-corrected chi connectivity index (χ0v) is 27.9. The molecule has 0 atom stereocenters. The number of fused-ring (bicyclic) bond motifs is 2. The second-order valence-electron chi connectivity index (χ2n) is 11.2. The topological polar surface area (TPSA) is 156 Å². The molecule has 0 N–H and O–H groups in total. The Hall–Kier alpha value is -5.74. The van der Waals surface area contributed by atoms with Crippen LogP contribution in [0.15, 0.2) is 73.3 Å². The number of methoxy groups -OCH3 is 3. The fourth-order valence-corrected chi connectivity index (χ4v) is 6.54. The Labute approximate surface area is 281 Å². The predicted molar refractivity (Wildman–Crippen MR) is 180 cm³/mol. The van der Waals surface area contributed by atoms with Crippen molar-refractivity contribution < 1.29 is 32.2 Å². The van der Waals surface area contributed by atoms with Crippen molar-refractivity contribution in [2.45, 2.75) is 13.1 Å². The molecule has 0 saturated carbocycles. The molecule has 15 nitrogen and oxygen atoms in total. The van der Waals surface area contributed by atoms with Crippen LogP contribution in [0.1, 0.15) is 11.1 Å². The van der Waals surface area contributed by atoms with Gasteiger partial charge in [0.15, 0.2) is 11.5 Å². The van der Waals surface area contributed by atoms with Crippen LogP contribution in [-0.4, -0.2) is 88.9 Å². The molecule has 252 valence electrons. The summed E-state index contributed by atoms with van der Waals surface area (Å²) in [7, 11) is 0.960. The average molecular weight is 685 g/mol. The Balaban J connectivity index is 1.29. The lowest BCUT2D eigenvalue weighted by Crippen LogP contribution is -2.29. The summed E-state index contributed by atoms with van der Waals surface area (Å²) in [6, 6.07) is 14.3. The van der Waals surface area contributed by atoms with Crippen molar-refractivity contribution in [2.75, 3.05) is 45.6 Å². The first-order chi connectivity index (χ1) is 23.7. The second-order valence-corrected chi connectivity index (χ2v) is 13.2. The highest BCUT2D eigenvalue weighted by atomic mass is 32.2. The number of anilines is 1. The van der Waals surface area contributed by atoms with Crippen LogP contribution in [0.5, 0.6) is 17.2 Å². The first kappa shape index (κ1) is 31.8. The third kappa shape index (κ3) is 5.95. The van der Waals surface area contributed by atoms with E-state index in [0.717, 1.165) is 0 Å². The molecule has 2 aromatic carbocycles. The van der Waals surface area contributed by atoms with Crippen molar-refractivity contribution >= 4 is 38.5 Å². The van der Waals surface area contributed by atoms with Gasteiger partial charge in [-0.2, -0.15) is 9.40 Å². The molecule has 1 aliphatic heterocycles. The minimum absolute atomic E-state index is 0.0607. The number of benzene rings is 2. The summed E-state index contributed by atoms with van der Waals surface area (Å²) in [5, 5.41) is 9.88. The van der Waals surface area contributed by atoms with Gasteiger partial charge in [-0.3, -0.25) is 9.88 Å². The van der Waals surface area contributed by atoms with Crippen molar-refractivity contribution in [3.05, 3.63) is 84.4 Å². The highest BCUT2D eigenvalue weighted by Gasteiger charge is 2.30. The molecule has 7 rings (SSSR count). The fourth-order valence-electron chi connectivity index (χ4n) is 5.78. The smallest absolute Gasteiger partial charge is 0.415 e. The molecule has 1 amide bonds. The number of rotatable bonds is 11. The van der Waals surface area contributed by atoms with Gasteiger partial charge in [0.1, 0.15) is 29.5 Å². The fraction of sp³-hybridized carbons (Fsp3) is 0.242. The van der Waals surface area contributed by atoms with E-state index in [9.17, 15) is 13.2 Å². The number of hydrogen-bond donors (Lipinski definition) is 0. The number of nitrogens with zero attached hydrogens (tertiary/aromatic N) is 8. The Morgan fingerprint density at radius 1 is 0.959 bits per heavy atom. The van der Waals surface area contributed by atoms with Gasteiger partial charge in [0.05, 0.1) is 62.5 Å². The third-order valence-electron chi connectivity index (χ3n) is 8.26.